The predicted molar refractivity (Wildman–Crippen MR) is 88.1 cm³/mol. The van der Waals surface area contributed by atoms with E-state index in [1.807, 2.05) is 35.2 Å². The number of hydrogen-bond acceptors (Lipinski definition) is 3. The average Bonchev–Trinajstić information content (AvgIpc) is 3.06. The Kier molecular flexibility index (Phi) is 4.52. The molecule has 0 fully saturated rings. The van der Waals surface area contributed by atoms with E-state index in [0.29, 0.717) is 36.1 Å². The minimum Gasteiger partial charge on any atom is -0.354 e. The van der Waals surface area contributed by atoms with Gasteiger partial charge in [0, 0.05) is 38.3 Å². The van der Waals surface area contributed by atoms with Crippen LogP contribution in [0.5, 0.6) is 0 Å². The molecule has 0 atom stereocenters. The second kappa shape index (κ2) is 6.91. The van der Waals surface area contributed by atoms with Crippen molar-refractivity contribution >= 4 is 16.8 Å². The van der Waals surface area contributed by atoms with Gasteiger partial charge in [-0.25, -0.2) is 4.98 Å². The summed E-state index contributed by atoms with van der Waals surface area (Å²) >= 11 is 0. The summed E-state index contributed by atoms with van der Waals surface area (Å²) in [6.07, 6.45) is 4.62. The highest BCUT2D eigenvalue weighted by atomic mass is 16.1. The van der Waals surface area contributed by atoms with Crippen molar-refractivity contribution in [2.24, 2.45) is 0 Å². The first-order chi connectivity index (χ1) is 11.2. The van der Waals surface area contributed by atoms with Crippen molar-refractivity contribution in [2.45, 2.75) is 19.4 Å². The van der Waals surface area contributed by atoms with Crippen molar-refractivity contribution in [3.05, 3.63) is 65.0 Å². The number of aryl methyl sites for hydroxylation is 1. The molecule has 6 nitrogen and oxygen atoms in total. The number of benzene rings is 1. The van der Waals surface area contributed by atoms with Crippen LogP contribution in [0.3, 0.4) is 0 Å². The third kappa shape index (κ3) is 3.85. The molecule has 3 aromatic rings. The lowest BCUT2D eigenvalue weighted by molar-refractivity contribution is -0.121. The summed E-state index contributed by atoms with van der Waals surface area (Å²) < 4.78 is 2.00. The van der Waals surface area contributed by atoms with Crippen molar-refractivity contribution in [1.29, 1.82) is 0 Å². The quantitative estimate of drug-likeness (QED) is 0.723. The largest absolute Gasteiger partial charge is 0.354 e. The average molecular weight is 310 g/mol. The number of fused-ring (bicyclic) bond motifs is 1. The lowest BCUT2D eigenvalue weighted by Crippen LogP contribution is -2.27. The van der Waals surface area contributed by atoms with Crippen molar-refractivity contribution in [2.75, 3.05) is 6.54 Å². The Labute approximate surface area is 133 Å². The molecule has 1 aromatic carbocycles. The van der Waals surface area contributed by atoms with Gasteiger partial charge in [0.25, 0.3) is 5.56 Å². The van der Waals surface area contributed by atoms with Gasteiger partial charge < -0.3 is 14.9 Å². The minimum atomic E-state index is -0.168. The van der Waals surface area contributed by atoms with Crippen LogP contribution in [0.2, 0.25) is 0 Å². The van der Waals surface area contributed by atoms with E-state index in [1.54, 1.807) is 18.2 Å². The van der Waals surface area contributed by atoms with Crippen LogP contribution in [0.1, 0.15) is 12.2 Å². The molecule has 2 heterocycles. The van der Waals surface area contributed by atoms with Gasteiger partial charge >= 0.3 is 0 Å². The molecule has 0 bridgehead atoms. The molecule has 0 aliphatic rings. The van der Waals surface area contributed by atoms with Crippen LogP contribution in [0.15, 0.2) is 53.6 Å². The molecule has 0 unspecified atom stereocenters. The zero-order valence-corrected chi connectivity index (χ0v) is 12.7. The Morgan fingerprint density at radius 2 is 1.96 bits per heavy atom. The van der Waals surface area contributed by atoms with Crippen LogP contribution in [-0.4, -0.2) is 27.0 Å². The number of amides is 1. The first kappa shape index (κ1) is 15.0. The van der Waals surface area contributed by atoms with Crippen molar-refractivity contribution in [3.63, 3.8) is 0 Å². The zero-order chi connectivity index (χ0) is 16.1. The van der Waals surface area contributed by atoms with Gasteiger partial charge in [-0.2, -0.15) is 0 Å². The molecule has 0 aliphatic carbocycles. The van der Waals surface area contributed by atoms with Gasteiger partial charge in [-0.1, -0.05) is 12.1 Å². The third-order valence-electron chi connectivity index (χ3n) is 3.61. The highest BCUT2D eigenvalue weighted by Crippen LogP contribution is 2.06. The molecule has 0 saturated carbocycles. The first-order valence-electron chi connectivity index (χ1n) is 7.58. The summed E-state index contributed by atoms with van der Waals surface area (Å²) in [4.78, 5) is 30.9. The van der Waals surface area contributed by atoms with Crippen molar-refractivity contribution in [3.8, 4) is 0 Å². The molecular formula is C17H18N4O2. The van der Waals surface area contributed by atoms with Gasteiger partial charge in [0.15, 0.2) is 0 Å². The predicted octanol–water partition coefficient (Wildman–Crippen LogP) is 1.47. The molecule has 118 valence electrons. The Morgan fingerprint density at radius 1 is 1.17 bits per heavy atom. The standard InChI is InChI=1S/C17H18N4O2/c22-16(18-9-12-21-10-3-4-11-21)8-7-15-19-14-6-2-1-5-13(14)17(23)20-15/h1-6,10-11H,7-9,12H2,(H,18,22)(H,19,20,23). The Bertz CT molecular complexity index is 852. The molecule has 1 amide bonds. The molecule has 6 heteroatoms. The highest BCUT2D eigenvalue weighted by molar-refractivity contribution is 5.78. The number of aromatic nitrogens is 3. The van der Waals surface area contributed by atoms with E-state index in [0.717, 1.165) is 6.54 Å². The smallest absolute Gasteiger partial charge is 0.258 e. The van der Waals surface area contributed by atoms with Crippen LogP contribution >= 0.6 is 0 Å². The Balaban J connectivity index is 1.53. The van der Waals surface area contributed by atoms with Crippen LogP contribution in [0, 0.1) is 0 Å². The van der Waals surface area contributed by atoms with E-state index in [9.17, 15) is 9.59 Å². The molecule has 0 radical (unpaired) electrons. The molecule has 0 spiro atoms. The second-order valence-corrected chi connectivity index (χ2v) is 5.30. The van der Waals surface area contributed by atoms with Gasteiger partial charge in [-0.15, -0.1) is 0 Å². The van der Waals surface area contributed by atoms with Crippen LogP contribution < -0.4 is 10.9 Å². The fourth-order valence-corrected chi connectivity index (χ4v) is 2.42. The van der Waals surface area contributed by atoms with Gasteiger partial charge in [-0.05, 0) is 24.3 Å². The van der Waals surface area contributed by atoms with E-state index in [2.05, 4.69) is 15.3 Å². The van der Waals surface area contributed by atoms with E-state index in [4.69, 9.17) is 0 Å². The number of nitrogens with zero attached hydrogens (tertiary/aromatic N) is 2. The van der Waals surface area contributed by atoms with E-state index in [-0.39, 0.29) is 11.5 Å². The van der Waals surface area contributed by atoms with Crippen molar-refractivity contribution in [1.82, 2.24) is 19.9 Å². The monoisotopic (exact) mass is 310 g/mol. The lowest BCUT2D eigenvalue weighted by Gasteiger charge is -2.06. The maximum absolute atomic E-state index is 11.9. The number of carbonyl (C=O) groups excluding carboxylic acids is 1. The zero-order valence-electron chi connectivity index (χ0n) is 12.7. The molecule has 0 aliphatic heterocycles. The summed E-state index contributed by atoms with van der Waals surface area (Å²) in [5.41, 5.74) is 0.484. The number of para-hydroxylation sites is 1. The summed E-state index contributed by atoms with van der Waals surface area (Å²) in [6, 6.07) is 11.1. The summed E-state index contributed by atoms with van der Waals surface area (Å²) in [6.45, 7) is 1.32. The van der Waals surface area contributed by atoms with Gasteiger partial charge in [0.2, 0.25) is 5.91 Å². The summed E-state index contributed by atoms with van der Waals surface area (Å²) in [5, 5.41) is 3.43. The number of hydrogen-bond donors (Lipinski definition) is 2. The number of carbonyl (C=O) groups is 1. The molecular weight excluding hydrogens is 292 g/mol. The SMILES string of the molecule is O=C(CCc1nc2ccccc2c(=O)[nH]1)NCCn1cccc1. The fourth-order valence-electron chi connectivity index (χ4n) is 2.42. The molecule has 2 N–H and O–H groups in total. The molecule has 3 rings (SSSR count). The fraction of sp³-hybridized carbons (Fsp3) is 0.235. The maximum Gasteiger partial charge on any atom is 0.258 e. The maximum atomic E-state index is 11.9. The van der Waals surface area contributed by atoms with E-state index in [1.165, 1.54) is 0 Å². The molecule has 0 saturated heterocycles. The number of aromatic amines is 1. The van der Waals surface area contributed by atoms with Crippen LogP contribution in [-0.2, 0) is 17.8 Å². The highest BCUT2D eigenvalue weighted by Gasteiger charge is 2.06. The third-order valence-corrected chi connectivity index (χ3v) is 3.61. The lowest BCUT2D eigenvalue weighted by atomic mass is 10.2. The minimum absolute atomic E-state index is 0.0482. The van der Waals surface area contributed by atoms with E-state index < -0.39 is 0 Å². The van der Waals surface area contributed by atoms with Gasteiger partial charge in [0.1, 0.15) is 5.82 Å². The Hall–Kier alpha value is -2.89. The van der Waals surface area contributed by atoms with Gasteiger partial charge in [-0.3, -0.25) is 9.59 Å². The van der Waals surface area contributed by atoms with E-state index >= 15 is 0 Å². The van der Waals surface area contributed by atoms with Crippen LogP contribution in [0.4, 0.5) is 0 Å². The molecule has 2 aromatic heterocycles. The number of nitrogens with one attached hydrogen (secondary N) is 2. The summed E-state index contributed by atoms with van der Waals surface area (Å²) in [7, 11) is 0. The second-order valence-electron chi connectivity index (χ2n) is 5.30. The topological polar surface area (TPSA) is 79.8 Å². The van der Waals surface area contributed by atoms with Crippen molar-refractivity contribution < 1.29 is 4.79 Å². The first-order valence-corrected chi connectivity index (χ1v) is 7.58. The Morgan fingerprint density at radius 3 is 2.78 bits per heavy atom. The number of H-pyrrole nitrogens is 1. The number of rotatable bonds is 6. The normalized spacial score (nSPS) is 10.8. The van der Waals surface area contributed by atoms with Crippen LogP contribution in [0.25, 0.3) is 10.9 Å². The van der Waals surface area contributed by atoms with Gasteiger partial charge in [0.05, 0.1) is 10.9 Å². The summed E-state index contributed by atoms with van der Waals surface area (Å²) in [5.74, 6) is 0.488. The molecule has 23 heavy (non-hydrogen) atoms.